The molecule has 6 aromatic heterocycles. The molecular weight excluding hydrogens is 1650 g/mol. The highest BCUT2D eigenvalue weighted by Crippen LogP contribution is 2.45. The topological polar surface area (TPSA) is 351 Å². The fourth-order valence-electron chi connectivity index (χ4n) is 13.8. The van der Waals surface area contributed by atoms with Gasteiger partial charge in [0.25, 0.3) is 5.69 Å². The van der Waals surface area contributed by atoms with Gasteiger partial charge in [0.2, 0.25) is 38.0 Å². The van der Waals surface area contributed by atoms with Gasteiger partial charge in [0, 0.05) is 51.0 Å². The van der Waals surface area contributed by atoms with Gasteiger partial charge in [0.15, 0.2) is 11.6 Å². The summed E-state index contributed by atoms with van der Waals surface area (Å²) in [5.41, 5.74) is 17.9. The number of aromatic nitrogens is 9. The van der Waals surface area contributed by atoms with Gasteiger partial charge in [-0.2, -0.15) is 15.0 Å². The average Bonchev–Trinajstić information content (AvgIpc) is 1.43. The number of esters is 2. The molecule has 5 aromatic carbocycles. The van der Waals surface area contributed by atoms with Crippen LogP contribution in [0.5, 0.6) is 0 Å². The van der Waals surface area contributed by atoms with Crippen molar-refractivity contribution < 1.29 is 37.0 Å². The van der Waals surface area contributed by atoms with Crippen molar-refractivity contribution in [3.63, 3.8) is 0 Å². The number of nitrogens with zero attached hydrogens (tertiary/aromatic N) is 15. The zero-order chi connectivity index (χ0) is 92.4. The van der Waals surface area contributed by atoms with Crippen LogP contribution in [0.2, 0.25) is 0 Å². The molecule has 0 aliphatic heterocycles. The number of rotatable bonds is 34. The first kappa shape index (κ1) is 98.2. The van der Waals surface area contributed by atoms with E-state index < -0.39 is 21.0 Å². The van der Waals surface area contributed by atoms with Crippen molar-refractivity contribution in [2.75, 3.05) is 49.9 Å². The summed E-state index contributed by atoms with van der Waals surface area (Å²) in [5, 5.41) is 52.6. The van der Waals surface area contributed by atoms with Crippen LogP contribution in [0.4, 0.5) is 57.7 Å². The third-order valence-corrected chi connectivity index (χ3v) is 25.3. The number of unbranched alkanes of at least 4 members (excludes halogenated alkanes) is 2. The fraction of sp³-hybridized carbons (Fsp3) is 0.453. The maximum atomic E-state index is 13.7. The number of hydrogen-bond acceptors (Lipinski definition) is 25. The molecule has 5 N–H and O–H groups in total. The number of sulfonamides is 1. The lowest BCUT2D eigenvalue weighted by molar-refractivity contribution is -0.154. The Kier molecular flexibility index (Phi) is 33.6. The number of nitriles is 1. The molecule has 0 bridgehead atoms. The Morgan fingerprint density at radius 2 is 1.24 bits per heavy atom. The first-order valence-electron chi connectivity index (χ1n) is 42.7. The lowest BCUT2D eigenvalue weighted by Gasteiger charge is -2.26. The van der Waals surface area contributed by atoms with Crippen LogP contribution in [-0.4, -0.2) is 110 Å². The Balaban J connectivity index is 0.000000257. The monoisotopic (exact) mass is 1770 g/mol. The summed E-state index contributed by atoms with van der Waals surface area (Å²) in [4.78, 5) is 64.2. The molecule has 0 aliphatic rings. The molecular formula is C95H122N20O8S3. The Labute approximate surface area is 750 Å². The maximum Gasteiger partial charge on any atom is 0.311 e. The number of nitrogens with one attached hydrogen (secondary N) is 5. The zero-order valence-electron chi connectivity index (χ0n) is 77.6. The first-order valence-corrected chi connectivity index (χ1v) is 45.9. The van der Waals surface area contributed by atoms with E-state index >= 15 is 0 Å². The standard InChI is InChI=1S/C48H58N10O4S2.C37H44N10O2S.C10H20O2/c1-16-28(4)45(59)62-25-48(13,14)57-64(60,61)34-17-18-35-36(24-34)63-46(50-35)58-44(41(49-15)42(56-58)47(10,11)12)55-54-40-33(9)23-37(51-38-29(5)19-26(2)20-30(38)6)52-43(40)53-39-31(7)21-27(3)22-32(39)8;1-8-23(3)35(48)40-20-26-12-13-29-32(17-26)50-37(43-29)47-21-27(19-38)34(46-47)45-44-33-30(11-9-10-14-49-7)41-36(39-6)42-31(33)18-28-24(4)15-22(2)16-25(28)5;1-5-7-8-12-9(11)10(3,4)6-2/h17-24,28,57H,16,25H2,1-14H3,(H2,51,52,53);12-13,15-17,21,23H,8-11,14,18,20H2,1-7H3,(H,40,48)(H,39,41,42);5-8H2,1-4H3. The molecule has 28 nitrogen and oxygen atoms in total. The Bertz CT molecular complexity index is 5980. The van der Waals surface area contributed by atoms with Gasteiger partial charge >= 0.3 is 11.9 Å². The van der Waals surface area contributed by atoms with E-state index in [1.54, 1.807) is 57.9 Å². The minimum Gasteiger partial charge on any atom is -0.465 e. The van der Waals surface area contributed by atoms with Gasteiger partial charge in [-0.25, -0.2) is 47.6 Å². The third-order valence-electron chi connectivity index (χ3n) is 21.6. The van der Waals surface area contributed by atoms with Crippen LogP contribution < -0.4 is 26.0 Å². The second-order valence-electron chi connectivity index (χ2n) is 34.6. The van der Waals surface area contributed by atoms with Gasteiger partial charge in [-0.05, 0) is 234 Å². The van der Waals surface area contributed by atoms with Gasteiger partial charge in [-0.15, -0.1) is 25.6 Å². The van der Waals surface area contributed by atoms with Crippen LogP contribution in [0.3, 0.4) is 0 Å². The SMILES string of the molecule is CCC(C)C(=O)NCc1ccc2nc(-n3cc(C#N)c(N=Nc4c(CCCCOC)nc(NC)nc4Cc4c(C)cc(C)cc4C)n3)sc2c1.CCCCOC(=O)C(C)(C)CC.[C-]#[N+]c1c(C(C)(C)C)nn(-c2nc3ccc(S(=O)(=O)NC(C)(C)COC(=O)C(C)CC)cc3s2)c1N=Nc1c(C)cc(Nc2c(C)cc(C)cc2C)nc1Nc1c(C)cc(C)cc1C. The number of pyridine rings is 1. The zero-order valence-corrected chi connectivity index (χ0v) is 80.1. The predicted molar refractivity (Wildman–Crippen MR) is 504 cm³/mol. The molecule has 126 heavy (non-hydrogen) atoms. The lowest BCUT2D eigenvalue weighted by atomic mass is 9.91. The summed E-state index contributed by atoms with van der Waals surface area (Å²) in [7, 11) is -0.552. The summed E-state index contributed by atoms with van der Waals surface area (Å²) in [5.74, 6) is 1.21. The maximum absolute atomic E-state index is 13.7. The highest BCUT2D eigenvalue weighted by Gasteiger charge is 2.33. The van der Waals surface area contributed by atoms with E-state index in [9.17, 15) is 28.1 Å². The molecule has 0 saturated heterocycles. The molecule has 668 valence electrons. The van der Waals surface area contributed by atoms with E-state index in [1.165, 1.54) is 61.2 Å². The molecule has 0 fully saturated rings. The molecule has 6 heterocycles. The largest absolute Gasteiger partial charge is 0.465 e. The normalized spacial score (nSPS) is 12.3. The van der Waals surface area contributed by atoms with Crippen LogP contribution in [-0.2, 0) is 63.4 Å². The van der Waals surface area contributed by atoms with Crippen molar-refractivity contribution in [1.29, 1.82) is 5.26 Å². The van der Waals surface area contributed by atoms with Crippen molar-refractivity contribution in [3.05, 3.63) is 186 Å². The number of hydrogen-bond donors (Lipinski definition) is 5. The summed E-state index contributed by atoms with van der Waals surface area (Å²) in [6, 6.07) is 27.5. The molecule has 11 aromatic rings. The fourth-order valence-corrected chi connectivity index (χ4v) is 17.2. The molecule has 2 atom stereocenters. The molecule has 2 unspecified atom stereocenters. The summed E-state index contributed by atoms with van der Waals surface area (Å²) in [6.45, 7) is 55.2. The molecule has 31 heteroatoms. The van der Waals surface area contributed by atoms with Crippen LogP contribution >= 0.6 is 22.7 Å². The highest BCUT2D eigenvalue weighted by atomic mass is 32.2. The average molecular weight is 1770 g/mol. The second kappa shape index (κ2) is 43.1. The summed E-state index contributed by atoms with van der Waals surface area (Å²) in [6.07, 6.45) is 8.81. The van der Waals surface area contributed by atoms with E-state index in [0.29, 0.717) is 94.2 Å². The molecule has 0 aliphatic carbocycles. The Hall–Kier alpha value is -11.6. The number of carbonyl (C=O) groups excluding carboxylic acids is 3. The quantitative estimate of drug-likeness (QED) is 0.0108. The van der Waals surface area contributed by atoms with Crippen LogP contribution in [0.25, 0.3) is 35.5 Å². The molecule has 1 amide bonds. The third kappa shape index (κ3) is 25.2. The van der Waals surface area contributed by atoms with Gasteiger partial charge in [0.1, 0.15) is 35.4 Å². The van der Waals surface area contributed by atoms with Crippen molar-refractivity contribution in [1.82, 2.24) is 54.5 Å². The van der Waals surface area contributed by atoms with Crippen LogP contribution in [0, 0.1) is 104 Å². The summed E-state index contributed by atoms with van der Waals surface area (Å²) < 4.78 is 50.4. The van der Waals surface area contributed by atoms with E-state index in [1.807, 2.05) is 107 Å². The van der Waals surface area contributed by atoms with E-state index in [-0.39, 0.29) is 69.5 Å². The number of thiazole rings is 2. The van der Waals surface area contributed by atoms with Gasteiger partial charge in [-0.1, -0.05) is 151 Å². The number of anilines is 5. The predicted octanol–water partition coefficient (Wildman–Crippen LogP) is 22.9. The highest BCUT2D eigenvalue weighted by molar-refractivity contribution is 7.89. The van der Waals surface area contributed by atoms with Crippen molar-refractivity contribution in [2.24, 2.45) is 37.7 Å². The second-order valence-corrected chi connectivity index (χ2v) is 38.3. The number of fused-ring (bicyclic) bond motifs is 2. The number of carbonyl (C=O) groups is 3. The van der Waals surface area contributed by atoms with Crippen molar-refractivity contribution in [3.8, 4) is 16.3 Å². The smallest absolute Gasteiger partial charge is 0.311 e. The lowest BCUT2D eigenvalue weighted by Crippen LogP contribution is -2.47. The molecule has 0 radical (unpaired) electrons. The minimum atomic E-state index is -4.05. The van der Waals surface area contributed by atoms with Gasteiger partial charge in [-0.3, -0.25) is 14.4 Å². The van der Waals surface area contributed by atoms with Crippen LogP contribution in [0.15, 0.2) is 110 Å². The Morgan fingerprint density at radius 3 is 1.83 bits per heavy atom. The van der Waals surface area contributed by atoms with E-state index in [2.05, 4.69) is 139 Å². The number of aryl methyl sites for hydroxylation is 11. The molecule has 0 saturated carbocycles. The number of methoxy groups -OCH3 is 1. The number of azo groups is 2. The number of benzene rings is 5. The minimum absolute atomic E-state index is 0.0156. The number of amides is 1. The van der Waals surface area contributed by atoms with E-state index in [4.69, 9.17) is 66.1 Å². The van der Waals surface area contributed by atoms with E-state index in [0.717, 1.165) is 110 Å². The number of ether oxygens (including phenoxy) is 3. The van der Waals surface area contributed by atoms with Crippen molar-refractivity contribution in [2.45, 2.75) is 239 Å². The summed E-state index contributed by atoms with van der Waals surface area (Å²) >= 11 is 2.65. The van der Waals surface area contributed by atoms with Gasteiger partial charge < -0.3 is 35.5 Å². The van der Waals surface area contributed by atoms with Crippen LogP contribution in [0.1, 0.15) is 224 Å². The van der Waals surface area contributed by atoms with Crippen molar-refractivity contribution >= 4 is 129 Å². The first-order chi connectivity index (χ1) is 59.6. The van der Waals surface area contributed by atoms with Gasteiger partial charge in [0.05, 0.1) is 78.7 Å². The Morgan fingerprint density at radius 1 is 0.651 bits per heavy atom. The molecule has 0 spiro atoms. The molecule has 11 rings (SSSR count).